The molecule has 0 unspecified atom stereocenters. The average molecular weight is 534 g/mol. The summed E-state index contributed by atoms with van der Waals surface area (Å²) in [4.78, 5) is 12.7. The Bertz CT molecular complexity index is 1470. The van der Waals surface area contributed by atoms with Gasteiger partial charge >= 0.3 is 6.18 Å². The first kappa shape index (κ1) is 25.7. The fraction of sp³-hybridized carbons (Fsp3) is 0.200. The smallest absolute Gasteiger partial charge is 0.324 e. The Morgan fingerprint density at radius 1 is 1.11 bits per heavy atom. The lowest BCUT2D eigenvalue weighted by molar-refractivity contribution is -0.137. The molecule has 1 aliphatic rings. The molecule has 0 aliphatic carbocycles. The SMILES string of the molecule is N#Cc1cccc(S(=O)(=O)N2CCc3c(ccc(Cl)c3NC(=O)Cc3ccc(C(F)(F)F)cc3)C2)c1. The molecule has 0 fully saturated rings. The zero-order chi connectivity index (χ0) is 26.1. The molecule has 1 aliphatic heterocycles. The molecule has 1 amide bonds. The van der Waals surface area contributed by atoms with Crippen LogP contribution >= 0.6 is 11.6 Å². The summed E-state index contributed by atoms with van der Waals surface area (Å²) in [6, 6.07) is 15.3. The quantitative estimate of drug-likeness (QED) is 0.490. The van der Waals surface area contributed by atoms with Crippen LogP contribution in [-0.4, -0.2) is 25.2 Å². The van der Waals surface area contributed by atoms with Gasteiger partial charge in [0.05, 0.1) is 39.2 Å². The fourth-order valence-electron chi connectivity index (χ4n) is 4.00. The van der Waals surface area contributed by atoms with Gasteiger partial charge in [-0.05, 0) is 59.5 Å². The minimum Gasteiger partial charge on any atom is -0.324 e. The highest BCUT2D eigenvalue weighted by Gasteiger charge is 2.31. The van der Waals surface area contributed by atoms with E-state index in [0.29, 0.717) is 22.4 Å². The molecule has 0 atom stereocenters. The Morgan fingerprint density at radius 3 is 2.50 bits per heavy atom. The Hall–Kier alpha value is -3.39. The second-order valence-electron chi connectivity index (χ2n) is 8.21. The van der Waals surface area contributed by atoms with Crippen LogP contribution in [0.1, 0.15) is 27.8 Å². The van der Waals surface area contributed by atoms with Crippen molar-refractivity contribution in [1.29, 1.82) is 5.26 Å². The van der Waals surface area contributed by atoms with E-state index in [1.807, 2.05) is 6.07 Å². The second-order valence-corrected chi connectivity index (χ2v) is 10.6. The summed E-state index contributed by atoms with van der Waals surface area (Å²) in [5.74, 6) is -0.464. The van der Waals surface area contributed by atoms with Crippen molar-refractivity contribution in [3.05, 3.63) is 93.5 Å². The van der Waals surface area contributed by atoms with Gasteiger partial charge in [0.25, 0.3) is 0 Å². The predicted molar refractivity (Wildman–Crippen MR) is 128 cm³/mol. The van der Waals surface area contributed by atoms with Crippen LogP contribution in [0.15, 0.2) is 65.6 Å². The number of halogens is 4. The molecular weight excluding hydrogens is 515 g/mol. The number of sulfonamides is 1. The summed E-state index contributed by atoms with van der Waals surface area (Å²) in [7, 11) is -3.86. The number of hydrogen-bond acceptors (Lipinski definition) is 4. The van der Waals surface area contributed by atoms with Crippen molar-refractivity contribution < 1.29 is 26.4 Å². The number of carbonyl (C=O) groups is 1. The molecule has 3 aromatic carbocycles. The average Bonchev–Trinajstić information content (AvgIpc) is 2.85. The molecule has 0 radical (unpaired) electrons. The molecule has 1 N–H and O–H groups in total. The van der Waals surface area contributed by atoms with Gasteiger partial charge in [-0.2, -0.15) is 22.7 Å². The molecule has 4 rings (SSSR count). The maximum absolute atomic E-state index is 13.1. The van der Waals surface area contributed by atoms with Crippen molar-refractivity contribution in [2.75, 3.05) is 11.9 Å². The maximum atomic E-state index is 13.1. The normalized spacial score (nSPS) is 14.1. The Morgan fingerprint density at radius 2 is 1.83 bits per heavy atom. The molecule has 0 saturated heterocycles. The van der Waals surface area contributed by atoms with Gasteiger partial charge in [0.15, 0.2) is 0 Å². The van der Waals surface area contributed by atoms with Crippen molar-refractivity contribution in [3.8, 4) is 6.07 Å². The van der Waals surface area contributed by atoms with E-state index in [2.05, 4.69) is 5.32 Å². The molecule has 3 aromatic rings. The van der Waals surface area contributed by atoms with E-state index < -0.39 is 27.7 Å². The number of anilines is 1. The third kappa shape index (κ3) is 5.38. The van der Waals surface area contributed by atoms with Gasteiger partial charge in [0, 0.05) is 13.1 Å². The number of nitrogens with zero attached hydrogens (tertiary/aromatic N) is 2. The third-order valence-corrected chi connectivity index (χ3v) is 7.98. The highest BCUT2D eigenvalue weighted by Crippen LogP contribution is 2.35. The van der Waals surface area contributed by atoms with Crippen LogP contribution in [0.2, 0.25) is 5.02 Å². The maximum Gasteiger partial charge on any atom is 0.416 e. The van der Waals surface area contributed by atoms with Crippen molar-refractivity contribution in [1.82, 2.24) is 4.31 Å². The second kappa shape index (κ2) is 9.93. The molecule has 0 aromatic heterocycles. The number of nitrogens with one attached hydrogen (secondary N) is 1. The number of hydrogen-bond donors (Lipinski definition) is 1. The van der Waals surface area contributed by atoms with Gasteiger partial charge in [-0.3, -0.25) is 4.79 Å². The first-order valence-electron chi connectivity index (χ1n) is 10.8. The largest absolute Gasteiger partial charge is 0.416 e. The van der Waals surface area contributed by atoms with Crippen LogP contribution in [0.5, 0.6) is 0 Å². The van der Waals surface area contributed by atoms with Crippen molar-refractivity contribution in [3.63, 3.8) is 0 Å². The van der Waals surface area contributed by atoms with Gasteiger partial charge in [-0.25, -0.2) is 8.42 Å². The number of nitriles is 1. The summed E-state index contributed by atoms with van der Waals surface area (Å²) < 4.78 is 65.8. The van der Waals surface area contributed by atoms with Gasteiger partial charge in [-0.1, -0.05) is 35.9 Å². The molecule has 1 heterocycles. The highest BCUT2D eigenvalue weighted by molar-refractivity contribution is 7.89. The molecule has 11 heteroatoms. The molecule has 0 saturated carbocycles. The number of fused-ring (bicyclic) bond motifs is 1. The molecular formula is C25H19ClF3N3O3S. The fourth-order valence-corrected chi connectivity index (χ4v) is 5.69. The highest BCUT2D eigenvalue weighted by atomic mass is 35.5. The van der Waals surface area contributed by atoms with Crippen LogP contribution in [-0.2, 0) is 40.4 Å². The number of rotatable bonds is 5. The van der Waals surface area contributed by atoms with Crippen LogP contribution in [0, 0.1) is 11.3 Å². The minimum atomic E-state index is -4.46. The molecule has 186 valence electrons. The molecule has 36 heavy (non-hydrogen) atoms. The lowest BCUT2D eigenvalue weighted by Crippen LogP contribution is -2.36. The van der Waals surface area contributed by atoms with Crippen molar-refractivity contribution >= 4 is 33.2 Å². The lowest BCUT2D eigenvalue weighted by atomic mass is 9.98. The Balaban J connectivity index is 1.52. The number of amides is 1. The third-order valence-electron chi connectivity index (χ3n) is 5.83. The lowest BCUT2D eigenvalue weighted by Gasteiger charge is -2.30. The number of alkyl halides is 3. The molecule has 0 spiro atoms. The van der Waals surface area contributed by atoms with Crippen LogP contribution in [0.3, 0.4) is 0 Å². The van der Waals surface area contributed by atoms with E-state index in [1.165, 1.54) is 40.7 Å². The van der Waals surface area contributed by atoms with E-state index in [0.717, 1.165) is 12.1 Å². The van der Waals surface area contributed by atoms with Gasteiger partial charge in [0.2, 0.25) is 15.9 Å². The summed E-state index contributed by atoms with van der Waals surface area (Å²) >= 11 is 6.33. The minimum absolute atomic E-state index is 0.0176. The van der Waals surface area contributed by atoms with E-state index in [9.17, 15) is 26.4 Å². The van der Waals surface area contributed by atoms with E-state index in [-0.39, 0.29) is 41.4 Å². The number of carbonyl (C=O) groups excluding carboxylic acids is 1. The zero-order valence-corrected chi connectivity index (χ0v) is 20.2. The number of benzene rings is 3. The molecule has 0 bridgehead atoms. The predicted octanol–water partition coefficient (Wildman–Crippen LogP) is 5.16. The van der Waals surface area contributed by atoms with Gasteiger partial charge in [-0.15, -0.1) is 0 Å². The molecule has 6 nitrogen and oxygen atoms in total. The Kier molecular flexibility index (Phi) is 7.09. The van der Waals surface area contributed by atoms with Crippen molar-refractivity contribution in [2.45, 2.75) is 30.5 Å². The standard InChI is InChI=1S/C25H19ClF3N3O3S/c26-22-9-6-18-15-32(36(34,35)20-3-1-2-17(12-20)14-30)11-10-21(18)24(22)31-23(33)13-16-4-7-19(8-5-16)25(27,28)29/h1-9,12H,10-11,13,15H2,(H,31,33). The van der Waals surface area contributed by atoms with Crippen molar-refractivity contribution in [2.24, 2.45) is 0 Å². The van der Waals surface area contributed by atoms with Gasteiger partial charge < -0.3 is 5.32 Å². The van der Waals surface area contributed by atoms with Crippen LogP contribution < -0.4 is 5.32 Å². The summed E-state index contributed by atoms with van der Waals surface area (Å²) in [6.45, 7) is 0.182. The first-order valence-corrected chi connectivity index (χ1v) is 12.6. The van der Waals surface area contributed by atoms with E-state index in [1.54, 1.807) is 12.1 Å². The van der Waals surface area contributed by atoms with E-state index >= 15 is 0 Å². The summed E-state index contributed by atoms with van der Waals surface area (Å²) in [6.07, 6.45) is -4.34. The van der Waals surface area contributed by atoms with Gasteiger partial charge in [0.1, 0.15) is 0 Å². The summed E-state index contributed by atoms with van der Waals surface area (Å²) in [5.41, 5.74) is 1.55. The zero-order valence-electron chi connectivity index (χ0n) is 18.6. The monoisotopic (exact) mass is 533 g/mol. The summed E-state index contributed by atoms with van der Waals surface area (Å²) in [5, 5.41) is 12.1. The van der Waals surface area contributed by atoms with Crippen LogP contribution in [0.4, 0.5) is 18.9 Å². The van der Waals surface area contributed by atoms with E-state index in [4.69, 9.17) is 16.9 Å². The first-order chi connectivity index (χ1) is 17.0. The topological polar surface area (TPSA) is 90.3 Å². The van der Waals surface area contributed by atoms with Crippen LogP contribution in [0.25, 0.3) is 0 Å². The Labute approximate surface area is 211 Å².